The normalized spacial score (nSPS) is 12.2. The van der Waals surface area contributed by atoms with E-state index in [1.165, 1.54) is 17.7 Å². The Labute approximate surface area is 119 Å². The summed E-state index contributed by atoms with van der Waals surface area (Å²) in [5.41, 5.74) is 8.87. The Morgan fingerprint density at radius 1 is 1.10 bits per heavy atom. The fourth-order valence-electron chi connectivity index (χ4n) is 2.04. The fourth-order valence-corrected chi connectivity index (χ4v) is 2.04. The molecule has 2 nitrogen and oxygen atoms in total. The lowest BCUT2D eigenvalue weighted by Crippen LogP contribution is -2.17. The van der Waals surface area contributed by atoms with Crippen LogP contribution < -0.4 is 10.5 Å². The molecule has 0 saturated carbocycles. The van der Waals surface area contributed by atoms with Crippen molar-refractivity contribution >= 4 is 0 Å². The maximum Gasteiger partial charge on any atom is 0.127 e. The largest absolute Gasteiger partial charge is 0.489 e. The summed E-state index contributed by atoms with van der Waals surface area (Å²) in [4.78, 5) is 0. The standard InChI is InChI=1S/C17H20FNO/c1-12-3-5-14(6-4-12)11-20-17-9-15(7-13(2)19)8-16(18)10-17/h3-6,8-10,13H,7,11,19H2,1-2H3. The molecule has 2 rings (SSSR count). The highest BCUT2D eigenvalue weighted by Gasteiger charge is 2.05. The van der Waals surface area contributed by atoms with Gasteiger partial charge in [-0.3, -0.25) is 0 Å². The minimum atomic E-state index is -0.290. The van der Waals surface area contributed by atoms with Crippen molar-refractivity contribution in [2.75, 3.05) is 0 Å². The molecule has 0 heterocycles. The lowest BCUT2D eigenvalue weighted by atomic mass is 10.1. The second-order valence-corrected chi connectivity index (χ2v) is 5.25. The first kappa shape index (κ1) is 14.5. The minimum absolute atomic E-state index is 0.00162. The SMILES string of the molecule is Cc1ccc(COc2cc(F)cc(CC(C)N)c2)cc1. The van der Waals surface area contributed by atoms with Crippen molar-refractivity contribution in [2.45, 2.75) is 32.9 Å². The molecule has 0 aliphatic carbocycles. The van der Waals surface area contributed by atoms with Crippen LogP contribution in [0.5, 0.6) is 5.75 Å². The van der Waals surface area contributed by atoms with Gasteiger partial charge in [-0.25, -0.2) is 4.39 Å². The van der Waals surface area contributed by atoms with Crippen LogP contribution in [0.4, 0.5) is 4.39 Å². The zero-order valence-electron chi connectivity index (χ0n) is 11.9. The predicted octanol–water partition coefficient (Wildman–Crippen LogP) is 3.60. The van der Waals surface area contributed by atoms with Gasteiger partial charge in [-0.2, -0.15) is 0 Å². The molecule has 3 heteroatoms. The van der Waals surface area contributed by atoms with Crippen molar-refractivity contribution in [1.29, 1.82) is 0 Å². The number of halogens is 1. The Morgan fingerprint density at radius 2 is 1.80 bits per heavy atom. The van der Waals surface area contributed by atoms with Crippen LogP contribution in [-0.4, -0.2) is 6.04 Å². The number of ether oxygens (including phenoxy) is 1. The van der Waals surface area contributed by atoms with E-state index in [1.807, 2.05) is 44.2 Å². The third kappa shape index (κ3) is 4.35. The highest BCUT2D eigenvalue weighted by Crippen LogP contribution is 2.19. The van der Waals surface area contributed by atoms with Crippen molar-refractivity contribution in [3.63, 3.8) is 0 Å². The molecule has 0 amide bonds. The van der Waals surface area contributed by atoms with E-state index in [1.54, 1.807) is 0 Å². The third-order valence-electron chi connectivity index (χ3n) is 3.01. The van der Waals surface area contributed by atoms with Gasteiger partial charge in [-0.15, -0.1) is 0 Å². The van der Waals surface area contributed by atoms with Crippen molar-refractivity contribution in [3.8, 4) is 5.75 Å². The third-order valence-corrected chi connectivity index (χ3v) is 3.01. The number of aryl methyl sites for hydroxylation is 1. The van der Waals surface area contributed by atoms with Crippen LogP contribution in [0.25, 0.3) is 0 Å². The van der Waals surface area contributed by atoms with E-state index in [9.17, 15) is 4.39 Å². The van der Waals surface area contributed by atoms with Crippen LogP contribution in [0.2, 0.25) is 0 Å². The molecule has 0 bridgehead atoms. The monoisotopic (exact) mass is 273 g/mol. The lowest BCUT2D eigenvalue weighted by Gasteiger charge is -2.10. The first-order chi connectivity index (χ1) is 9.52. The zero-order chi connectivity index (χ0) is 14.5. The average molecular weight is 273 g/mol. The molecule has 0 saturated heterocycles. The summed E-state index contributed by atoms with van der Waals surface area (Å²) in [5, 5.41) is 0. The van der Waals surface area contributed by atoms with Crippen LogP contribution >= 0.6 is 0 Å². The maximum absolute atomic E-state index is 13.5. The molecular formula is C17H20FNO. The summed E-state index contributed by atoms with van der Waals surface area (Å²) in [7, 11) is 0. The Balaban J connectivity index is 2.05. The molecule has 0 fully saturated rings. The van der Waals surface area contributed by atoms with Crippen LogP contribution in [0, 0.1) is 12.7 Å². The fraction of sp³-hybridized carbons (Fsp3) is 0.294. The van der Waals surface area contributed by atoms with E-state index in [-0.39, 0.29) is 11.9 Å². The van der Waals surface area contributed by atoms with Crippen molar-refractivity contribution in [3.05, 3.63) is 65.0 Å². The molecule has 2 N–H and O–H groups in total. The number of nitrogens with two attached hydrogens (primary N) is 1. The van der Waals surface area contributed by atoms with Crippen LogP contribution in [0.15, 0.2) is 42.5 Å². The summed E-state index contributed by atoms with van der Waals surface area (Å²) >= 11 is 0. The molecule has 0 aromatic heterocycles. The average Bonchev–Trinajstić information content (AvgIpc) is 2.36. The molecule has 0 radical (unpaired) electrons. The second-order valence-electron chi connectivity index (χ2n) is 5.25. The molecule has 2 aromatic carbocycles. The summed E-state index contributed by atoms with van der Waals surface area (Å²) in [6.07, 6.45) is 0.638. The Hall–Kier alpha value is -1.87. The summed E-state index contributed by atoms with van der Waals surface area (Å²) < 4.78 is 19.2. The Morgan fingerprint density at radius 3 is 2.45 bits per heavy atom. The van der Waals surface area contributed by atoms with Gasteiger partial charge in [0, 0.05) is 12.1 Å². The molecule has 0 spiro atoms. The van der Waals surface area contributed by atoms with E-state index in [4.69, 9.17) is 10.5 Å². The van der Waals surface area contributed by atoms with Gasteiger partial charge in [0.05, 0.1) is 0 Å². The number of rotatable bonds is 5. The quantitative estimate of drug-likeness (QED) is 0.903. The van der Waals surface area contributed by atoms with E-state index >= 15 is 0 Å². The topological polar surface area (TPSA) is 35.2 Å². The lowest BCUT2D eigenvalue weighted by molar-refractivity contribution is 0.304. The van der Waals surface area contributed by atoms with Crippen molar-refractivity contribution in [2.24, 2.45) is 5.73 Å². The number of benzene rings is 2. The predicted molar refractivity (Wildman–Crippen MR) is 79.3 cm³/mol. The maximum atomic E-state index is 13.5. The molecule has 20 heavy (non-hydrogen) atoms. The molecule has 1 atom stereocenters. The van der Waals surface area contributed by atoms with Gasteiger partial charge in [-0.05, 0) is 43.5 Å². The molecule has 106 valence electrons. The van der Waals surface area contributed by atoms with Crippen LogP contribution in [0.1, 0.15) is 23.6 Å². The first-order valence-corrected chi connectivity index (χ1v) is 6.76. The molecule has 2 aromatic rings. The van der Waals surface area contributed by atoms with Gasteiger partial charge in [-0.1, -0.05) is 29.8 Å². The van der Waals surface area contributed by atoms with Crippen molar-refractivity contribution < 1.29 is 9.13 Å². The van der Waals surface area contributed by atoms with Gasteiger partial charge < -0.3 is 10.5 Å². The van der Waals surface area contributed by atoms with E-state index in [0.29, 0.717) is 18.8 Å². The van der Waals surface area contributed by atoms with Gasteiger partial charge in [0.15, 0.2) is 0 Å². The highest BCUT2D eigenvalue weighted by molar-refractivity contribution is 5.30. The van der Waals surface area contributed by atoms with Crippen molar-refractivity contribution in [1.82, 2.24) is 0 Å². The van der Waals surface area contributed by atoms with Crippen LogP contribution in [-0.2, 0) is 13.0 Å². The highest BCUT2D eigenvalue weighted by atomic mass is 19.1. The van der Waals surface area contributed by atoms with E-state index in [0.717, 1.165) is 11.1 Å². The Bertz CT molecular complexity index is 564. The summed E-state index contributed by atoms with van der Waals surface area (Å²) in [6, 6.07) is 12.8. The summed E-state index contributed by atoms with van der Waals surface area (Å²) in [5.74, 6) is 0.253. The molecular weight excluding hydrogens is 253 g/mol. The van der Waals surface area contributed by atoms with Gasteiger partial charge in [0.2, 0.25) is 0 Å². The second kappa shape index (κ2) is 6.53. The Kier molecular flexibility index (Phi) is 4.74. The number of hydrogen-bond acceptors (Lipinski definition) is 2. The molecule has 1 unspecified atom stereocenters. The minimum Gasteiger partial charge on any atom is -0.489 e. The van der Waals surface area contributed by atoms with Crippen LogP contribution in [0.3, 0.4) is 0 Å². The zero-order valence-corrected chi connectivity index (χ0v) is 11.9. The molecule has 0 aliphatic rings. The van der Waals surface area contributed by atoms with Gasteiger partial charge >= 0.3 is 0 Å². The van der Waals surface area contributed by atoms with E-state index in [2.05, 4.69) is 0 Å². The first-order valence-electron chi connectivity index (χ1n) is 6.76. The summed E-state index contributed by atoms with van der Waals surface area (Å²) in [6.45, 7) is 4.37. The van der Waals surface area contributed by atoms with Gasteiger partial charge in [0.25, 0.3) is 0 Å². The molecule has 0 aliphatic heterocycles. The van der Waals surface area contributed by atoms with E-state index < -0.39 is 0 Å². The smallest absolute Gasteiger partial charge is 0.127 e. The van der Waals surface area contributed by atoms with Gasteiger partial charge in [0.1, 0.15) is 18.2 Å². The number of hydrogen-bond donors (Lipinski definition) is 1.